The van der Waals surface area contributed by atoms with Crippen molar-refractivity contribution in [1.82, 2.24) is 4.68 Å². The van der Waals surface area contributed by atoms with E-state index in [1.807, 2.05) is 79.2 Å². The lowest BCUT2D eigenvalue weighted by Crippen LogP contribution is -2.41. The molecule has 0 saturated carbocycles. The summed E-state index contributed by atoms with van der Waals surface area (Å²) in [4.78, 5) is 13.3. The average molecular weight is 424 g/mol. The number of carbonyl (C=O) groups excluding carboxylic acids is 1. The van der Waals surface area contributed by atoms with Gasteiger partial charge in [0.05, 0.1) is 24.8 Å². The third-order valence-corrected chi connectivity index (χ3v) is 6.33. The predicted molar refractivity (Wildman–Crippen MR) is 120 cm³/mol. The molecule has 1 aliphatic heterocycles. The van der Waals surface area contributed by atoms with Gasteiger partial charge < -0.3 is 20.2 Å². The van der Waals surface area contributed by atoms with E-state index in [4.69, 9.17) is 9.47 Å². The zero-order valence-corrected chi connectivity index (χ0v) is 18.0. The molecule has 2 atom stereocenters. The summed E-state index contributed by atoms with van der Waals surface area (Å²) in [5.74, 6) is 1.52. The number of nitrogens with zero attached hydrogens (tertiary/aromatic N) is 1. The molecule has 0 aliphatic carbocycles. The Kier molecular flexibility index (Phi) is 5.90. The molecule has 6 nitrogen and oxygen atoms in total. The molecule has 0 fully saturated rings. The van der Waals surface area contributed by atoms with E-state index >= 15 is 0 Å². The van der Waals surface area contributed by atoms with E-state index in [1.54, 1.807) is 18.9 Å². The number of aryl methyl sites for hydroxylation is 1. The molecule has 2 heterocycles. The first kappa shape index (κ1) is 20.2. The Bertz CT molecular complexity index is 1020. The second-order valence-electron chi connectivity index (χ2n) is 7.01. The number of anilines is 1. The van der Waals surface area contributed by atoms with Gasteiger partial charge in [-0.3, -0.25) is 9.47 Å². The van der Waals surface area contributed by atoms with Crippen LogP contribution in [0.25, 0.3) is 0 Å². The summed E-state index contributed by atoms with van der Waals surface area (Å²) in [6.07, 6.45) is 0. The maximum Gasteiger partial charge on any atom is 0.240 e. The maximum absolute atomic E-state index is 13.3. The van der Waals surface area contributed by atoms with Gasteiger partial charge in [0.25, 0.3) is 0 Å². The van der Waals surface area contributed by atoms with Gasteiger partial charge in [0.2, 0.25) is 5.91 Å². The summed E-state index contributed by atoms with van der Waals surface area (Å²) < 4.78 is 12.8. The van der Waals surface area contributed by atoms with Crippen LogP contribution in [0.5, 0.6) is 11.5 Å². The predicted octanol–water partition coefficient (Wildman–Crippen LogP) is 4.60. The lowest BCUT2D eigenvalue weighted by atomic mass is 10.0. The largest absolute Gasteiger partial charge is 0.497 e. The molecule has 1 aromatic heterocycles. The summed E-state index contributed by atoms with van der Waals surface area (Å²) in [5.41, 5.74) is 6.38. The van der Waals surface area contributed by atoms with Crippen LogP contribution < -0.4 is 20.2 Å². The third-order valence-electron chi connectivity index (χ3n) is 5.03. The first-order valence-corrected chi connectivity index (χ1v) is 10.8. The van der Waals surface area contributed by atoms with Gasteiger partial charge in [-0.25, -0.2) is 0 Å². The van der Waals surface area contributed by atoms with E-state index in [0.29, 0.717) is 6.61 Å². The van der Waals surface area contributed by atoms with Crippen LogP contribution in [0.2, 0.25) is 0 Å². The van der Waals surface area contributed by atoms with Crippen molar-refractivity contribution >= 4 is 23.4 Å². The van der Waals surface area contributed by atoms with Crippen LogP contribution in [0.3, 0.4) is 0 Å². The fourth-order valence-electron chi connectivity index (χ4n) is 3.46. The molecular formula is C23H25N3O3S. The van der Waals surface area contributed by atoms with Gasteiger partial charge in [-0.05, 0) is 67.9 Å². The number of fused-ring (bicyclic) bond motifs is 1. The van der Waals surface area contributed by atoms with Gasteiger partial charge in [-0.15, -0.1) is 0 Å². The van der Waals surface area contributed by atoms with Gasteiger partial charge >= 0.3 is 0 Å². The fourth-order valence-corrected chi connectivity index (χ4v) is 4.69. The first-order valence-electron chi connectivity index (χ1n) is 9.88. The van der Waals surface area contributed by atoms with Crippen molar-refractivity contribution in [3.63, 3.8) is 0 Å². The SMILES string of the molecule is CCOc1ccc(NC(=O)[C@@H]2Sc3ccc(C)n3N[C@@H]2c2ccc(OC)cc2)cc1. The van der Waals surface area contributed by atoms with Crippen molar-refractivity contribution < 1.29 is 14.3 Å². The number of ether oxygens (including phenoxy) is 2. The minimum Gasteiger partial charge on any atom is -0.497 e. The minimum atomic E-state index is -0.341. The minimum absolute atomic E-state index is 0.0532. The molecule has 2 N–H and O–H groups in total. The molecule has 3 aromatic rings. The standard InChI is InChI=1S/C23H25N3O3S/c1-4-29-19-12-8-17(9-13-19)24-23(27)22-21(16-6-10-18(28-3)11-7-16)25-26-15(2)5-14-20(26)30-22/h5-14,21-22,25H,4H2,1-3H3,(H,24,27)/t21-,22-/m1/s1. The molecule has 1 amide bonds. The Labute approximate surface area is 180 Å². The van der Waals surface area contributed by atoms with Crippen molar-refractivity contribution in [3.8, 4) is 11.5 Å². The number of nitrogens with one attached hydrogen (secondary N) is 2. The van der Waals surface area contributed by atoms with E-state index < -0.39 is 0 Å². The molecule has 7 heteroatoms. The second kappa shape index (κ2) is 8.75. The summed E-state index contributed by atoms with van der Waals surface area (Å²) in [6.45, 7) is 4.60. The number of hydrogen-bond donors (Lipinski definition) is 2. The monoisotopic (exact) mass is 423 g/mol. The van der Waals surface area contributed by atoms with Crippen molar-refractivity contribution in [2.45, 2.75) is 30.2 Å². The summed E-state index contributed by atoms with van der Waals surface area (Å²) >= 11 is 1.56. The van der Waals surface area contributed by atoms with Crippen LogP contribution in [0.1, 0.15) is 24.2 Å². The highest BCUT2D eigenvalue weighted by Gasteiger charge is 2.36. The number of aromatic nitrogens is 1. The van der Waals surface area contributed by atoms with Gasteiger partial charge in [0.15, 0.2) is 0 Å². The van der Waals surface area contributed by atoms with Crippen LogP contribution in [0, 0.1) is 6.92 Å². The zero-order chi connectivity index (χ0) is 21.1. The molecule has 0 spiro atoms. The highest BCUT2D eigenvalue weighted by molar-refractivity contribution is 8.00. The Morgan fingerprint density at radius 2 is 1.77 bits per heavy atom. The molecule has 30 heavy (non-hydrogen) atoms. The van der Waals surface area contributed by atoms with E-state index in [2.05, 4.69) is 10.7 Å². The van der Waals surface area contributed by atoms with Crippen molar-refractivity contribution in [2.75, 3.05) is 24.5 Å². The van der Waals surface area contributed by atoms with Crippen LogP contribution in [-0.4, -0.2) is 29.5 Å². The average Bonchev–Trinajstić information content (AvgIpc) is 3.14. The molecule has 4 rings (SSSR count). The van der Waals surface area contributed by atoms with Crippen molar-refractivity contribution in [2.24, 2.45) is 0 Å². The van der Waals surface area contributed by atoms with Crippen molar-refractivity contribution in [1.29, 1.82) is 0 Å². The number of rotatable bonds is 6. The van der Waals surface area contributed by atoms with Gasteiger partial charge in [-0.1, -0.05) is 23.9 Å². The summed E-state index contributed by atoms with van der Waals surface area (Å²) in [6, 6.07) is 19.2. The third kappa shape index (κ3) is 4.11. The van der Waals surface area contributed by atoms with Crippen LogP contribution in [-0.2, 0) is 4.79 Å². The highest BCUT2D eigenvalue weighted by atomic mass is 32.2. The fraction of sp³-hybridized carbons (Fsp3) is 0.261. The quantitative estimate of drug-likeness (QED) is 0.607. The van der Waals surface area contributed by atoms with Gasteiger partial charge in [-0.2, -0.15) is 0 Å². The molecule has 156 valence electrons. The van der Waals surface area contributed by atoms with E-state index in [0.717, 1.165) is 33.5 Å². The molecular weight excluding hydrogens is 398 g/mol. The number of benzene rings is 2. The molecule has 0 unspecified atom stereocenters. The Morgan fingerprint density at radius 1 is 1.07 bits per heavy atom. The second-order valence-corrected chi connectivity index (χ2v) is 8.18. The number of carbonyl (C=O) groups is 1. The number of hydrogen-bond acceptors (Lipinski definition) is 5. The number of amides is 1. The van der Waals surface area contributed by atoms with Gasteiger partial charge in [0.1, 0.15) is 16.7 Å². The maximum atomic E-state index is 13.3. The smallest absolute Gasteiger partial charge is 0.240 e. The van der Waals surface area contributed by atoms with E-state index in [1.165, 1.54) is 0 Å². The Morgan fingerprint density at radius 3 is 2.43 bits per heavy atom. The van der Waals surface area contributed by atoms with Crippen LogP contribution in [0.4, 0.5) is 5.69 Å². The molecule has 0 bridgehead atoms. The normalized spacial score (nSPS) is 17.6. The lowest BCUT2D eigenvalue weighted by Gasteiger charge is -2.34. The zero-order valence-electron chi connectivity index (χ0n) is 17.2. The van der Waals surface area contributed by atoms with E-state index in [-0.39, 0.29) is 17.2 Å². The molecule has 1 aliphatic rings. The van der Waals surface area contributed by atoms with Crippen LogP contribution in [0.15, 0.2) is 65.7 Å². The summed E-state index contributed by atoms with van der Waals surface area (Å²) in [5, 5.41) is 3.73. The van der Waals surface area contributed by atoms with E-state index in [9.17, 15) is 4.79 Å². The van der Waals surface area contributed by atoms with Crippen molar-refractivity contribution in [3.05, 3.63) is 71.9 Å². The Balaban J connectivity index is 1.59. The topological polar surface area (TPSA) is 64.5 Å². The summed E-state index contributed by atoms with van der Waals surface area (Å²) in [7, 11) is 1.65. The van der Waals surface area contributed by atoms with Crippen LogP contribution >= 0.6 is 11.8 Å². The highest BCUT2D eigenvalue weighted by Crippen LogP contribution is 2.39. The molecule has 0 radical (unpaired) electrons. The molecule has 2 aromatic carbocycles. The molecule has 0 saturated heterocycles. The number of thioether (sulfide) groups is 1. The van der Waals surface area contributed by atoms with Gasteiger partial charge in [0, 0.05) is 11.4 Å². The Hall–Kier alpha value is -3.06. The number of methoxy groups -OCH3 is 1. The lowest BCUT2D eigenvalue weighted by molar-refractivity contribution is -0.116. The first-order chi connectivity index (χ1) is 14.6.